The molecule has 1 heterocycles. The van der Waals surface area contributed by atoms with Crippen LogP contribution in [0.4, 0.5) is 4.79 Å². The Morgan fingerprint density at radius 1 is 1.16 bits per heavy atom. The van der Waals surface area contributed by atoms with E-state index >= 15 is 0 Å². The molecule has 142 valence electrons. The van der Waals surface area contributed by atoms with Crippen LogP contribution in [0.2, 0.25) is 0 Å². The Morgan fingerprint density at radius 3 is 2.60 bits per heavy atom. The molecule has 1 saturated heterocycles. The minimum absolute atomic E-state index is 0.0551. The highest BCUT2D eigenvalue weighted by atomic mass is 16.4. The largest absolute Gasteiger partial charge is 0.481 e. The monoisotopic (exact) mass is 353 g/mol. The predicted molar refractivity (Wildman–Crippen MR) is 94.1 cm³/mol. The fraction of sp³-hybridized carbons (Fsp3) is 0.833. The summed E-state index contributed by atoms with van der Waals surface area (Å²) in [5.74, 6) is -0.832. The molecule has 1 aliphatic carbocycles. The van der Waals surface area contributed by atoms with Crippen molar-refractivity contribution in [3.05, 3.63) is 0 Å². The Balaban J connectivity index is 1.78. The fourth-order valence-corrected chi connectivity index (χ4v) is 3.78. The number of rotatable bonds is 6. The molecule has 1 aliphatic heterocycles. The van der Waals surface area contributed by atoms with Crippen molar-refractivity contribution in [2.24, 2.45) is 17.8 Å². The van der Waals surface area contributed by atoms with Gasteiger partial charge in [-0.05, 0) is 37.5 Å². The number of piperidine rings is 1. The van der Waals surface area contributed by atoms with E-state index in [0.717, 1.165) is 32.2 Å². The second kappa shape index (κ2) is 9.06. The van der Waals surface area contributed by atoms with Crippen LogP contribution in [-0.4, -0.2) is 53.6 Å². The van der Waals surface area contributed by atoms with E-state index in [1.54, 1.807) is 4.90 Å². The zero-order valence-corrected chi connectivity index (χ0v) is 15.3. The lowest BCUT2D eigenvalue weighted by Gasteiger charge is -2.33. The highest BCUT2D eigenvalue weighted by Crippen LogP contribution is 2.26. The molecule has 1 saturated carbocycles. The van der Waals surface area contributed by atoms with E-state index in [1.807, 2.05) is 0 Å². The van der Waals surface area contributed by atoms with Crippen LogP contribution in [-0.2, 0) is 9.59 Å². The third-order valence-corrected chi connectivity index (χ3v) is 5.12. The number of urea groups is 1. The number of hydrogen-bond donors (Lipinski definition) is 3. The van der Waals surface area contributed by atoms with E-state index in [0.29, 0.717) is 31.8 Å². The van der Waals surface area contributed by atoms with Crippen molar-refractivity contribution in [2.45, 2.75) is 58.4 Å². The summed E-state index contributed by atoms with van der Waals surface area (Å²) in [6.07, 6.45) is 4.39. The number of hydrogen-bond acceptors (Lipinski definition) is 3. The van der Waals surface area contributed by atoms with Crippen molar-refractivity contribution in [1.29, 1.82) is 0 Å². The van der Waals surface area contributed by atoms with Crippen LogP contribution in [0.25, 0.3) is 0 Å². The van der Waals surface area contributed by atoms with Crippen LogP contribution in [0.3, 0.4) is 0 Å². The van der Waals surface area contributed by atoms with Crippen LogP contribution in [0.5, 0.6) is 0 Å². The first kappa shape index (κ1) is 19.5. The third-order valence-electron chi connectivity index (χ3n) is 5.12. The summed E-state index contributed by atoms with van der Waals surface area (Å²) < 4.78 is 0. The molecule has 2 fully saturated rings. The molecule has 0 bridgehead atoms. The number of likely N-dealkylation sites (tertiary alicyclic amines) is 1. The second-order valence-corrected chi connectivity index (χ2v) is 7.79. The van der Waals surface area contributed by atoms with Crippen molar-refractivity contribution >= 4 is 17.9 Å². The van der Waals surface area contributed by atoms with Gasteiger partial charge in [0.05, 0.1) is 5.92 Å². The number of carboxylic acids is 1. The van der Waals surface area contributed by atoms with Crippen molar-refractivity contribution in [3.63, 3.8) is 0 Å². The average molecular weight is 353 g/mol. The van der Waals surface area contributed by atoms with Crippen LogP contribution >= 0.6 is 0 Å². The Morgan fingerprint density at radius 2 is 1.92 bits per heavy atom. The first-order valence-corrected chi connectivity index (χ1v) is 9.41. The molecule has 0 aromatic rings. The summed E-state index contributed by atoms with van der Waals surface area (Å²) >= 11 is 0. The molecule has 0 spiro atoms. The van der Waals surface area contributed by atoms with Gasteiger partial charge in [0, 0.05) is 32.1 Å². The number of carbonyl (C=O) groups excluding carboxylic acids is 2. The van der Waals surface area contributed by atoms with Crippen LogP contribution < -0.4 is 10.6 Å². The van der Waals surface area contributed by atoms with Gasteiger partial charge in [-0.2, -0.15) is 0 Å². The van der Waals surface area contributed by atoms with Gasteiger partial charge in [0.1, 0.15) is 0 Å². The number of amides is 3. The van der Waals surface area contributed by atoms with Gasteiger partial charge in [0.2, 0.25) is 5.91 Å². The maximum Gasteiger partial charge on any atom is 0.317 e. The Bertz CT molecular complexity index is 495. The van der Waals surface area contributed by atoms with Gasteiger partial charge >= 0.3 is 12.0 Å². The topological polar surface area (TPSA) is 98.7 Å². The summed E-state index contributed by atoms with van der Waals surface area (Å²) in [5.41, 5.74) is 0. The third kappa shape index (κ3) is 5.90. The van der Waals surface area contributed by atoms with E-state index in [2.05, 4.69) is 24.5 Å². The van der Waals surface area contributed by atoms with Crippen LogP contribution in [0.1, 0.15) is 52.4 Å². The van der Waals surface area contributed by atoms with E-state index < -0.39 is 11.9 Å². The SMILES string of the molecule is CC(C)CNC(=O)N1CCCC(CC(=O)N[C@@H]2CCC[C@@H]2C(=O)O)C1. The maximum atomic E-state index is 12.3. The smallest absolute Gasteiger partial charge is 0.317 e. The summed E-state index contributed by atoms with van der Waals surface area (Å²) in [4.78, 5) is 37.5. The molecule has 3 atom stereocenters. The molecular formula is C18H31N3O4. The van der Waals surface area contributed by atoms with E-state index in [4.69, 9.17) is 0 Å². The van der Waals surface area contributed by atoms with Crippen molar-refractivity contribution in [3.8, 4) is 0 Å². The maximum absolute atomic E-state index is 12.3. The molecule has 2 rings (SSSR count). The first-order chi connectivity index (χ1) is 11.9. The molecule has 3 N–H and O–H groups in total. The van der Waals surface area contributed by atoms with Gasteiger partial charge in [-0.15, -0.1) is 0 Å². The Kier molecular flexibility index (Phi) is 7.08. The van der Waals surface area contributed by atoms with Gasteiger partial charge in [-0.25, -0.2) is 4.79 Å². The van der Waals surface area contributed by atoms with Crippen LogP contribution in [0.15, 0.2) is 0 Å². The minimum atomic E-state index is -0.825. The zero-order chi connectivity index (χ0) is 18.4. The van der Waals surface area contributed by atoms with Gasteiger partial charge in [0.25, 0.3) is 0 Å². The molecule has 0 aromatic carbocycles. The molecule has 25 heavy (non-hydrogen) atoms. The van der Waals surface area contributed by atoms with Gasteiger partial charge in [-0.1, -0.05) is 20.3 Å². The van der Waals surface area contributed by atoms with Gasteiger partial charge in [0.15, 0.2) is 0 Å². The van der Waals surface area contributed by atoms with Crippen molar-refractivity contribution in [1.82, 2.24) is 15.5 Å². The summed E-state index contributed by atoms with van der Waals surface area (Å²) in [7, 11) is 0. The normalized spacial score (nSPS) is 26.5. The molecule has 1 unspecified atom stereocenters. The summed E-state index contributed by atoms with van der Waals surface area (Å²) in [6, 6.07) is -0.306. The highest BCUT2D eigenvalue weighted by molar-refractivity contribution is 5.79. The standard InChI is InChI=1S/C18H31N3O4/c1-12(2)10-19-18(25)21-8-4-5-13(11-21)9-16(22)20-15-7-3-6-14(15)17(23)24/h12-15H,3-11H2,1-2H3,(H,19,25)(H,20,22)(H,23,24)/t13?,14-,15+/m0/s1. The van der Waals surface area contributed by atoms with Gasteiger partial charge in [-0.3, -0.25) is 9.59 Å². The molecule has 7 nitrogen and oxygen atoms in total. The summed E-state index contributed by atoms with van der Waals surface area (Å²) in [6.45, 7) is 6.07. The van der Waals surface area contributed by atoms with E-state index in [9.17, 15) is 19.5 Å². The Hall–Kier alpha value is -1.79. The molecule has 3 amide bonds. The van der Waals surface area contributed by atoms with Crippen molar-refractivity contribution < 1.29 is 19.5 Å². The number of carbonyl (C=O) groups is 3. The lowest BCUT2D eigenvalue weighted by Crippen LogP contribution is -2.47. The fourth-order valence-electron chi connectivity index (χ4n) is 3.78. The highest BCUT2D eigenvalue weighted by Gasteiger charge is 2.34. The molecule has 7 heteroatoms. The minimum Gasteiger partial charge on any atom is -0.481 e. The lowest BCUT2D eigenvalue weighted by atomic mass is 9.94. The zero-order valence-electron chi connectivity index (χ0n) is 15.3. The van der Waals surface area contributed by atoms with Crippen LogP contribution in [0, 0.1) is 17.8 Å². The van der Waals surface area contributed by atoms with E-state index in [1.165, 1.54) is 0 Å². The molecule has 0 aromatic heterocycles. The number of nitrogens with zero attached hydrogens (tertiary/aromatic N) is 1. The molecular weight excluding hydrogens is 322 g/mol. The van der Waals surface area contributed by atoms with E-state index in [-0.39, 0.29) is 23.9 Å². The predicted octanol–water partition coefficient (Wildman–Crippen LogP) is 1.82. The second-order valence-electron chi connectivity index (χ2n) is 7.79. The number of aliphatic carboxylic acids is 1. The number of carboxylic acid groups (broad SMARTS) is 1. The van der Waals surface area contributed by atoms with Gasteiger partial charge < -0.3 is 20.6 Å². The van der Waals surface area contributed by atoms with Crippen molar-refractivity contribution in [2.75, 3.05) is 19.6 Å². The average Bonchev–Trinajstić information content (AvgIpc) is 3.01. The number of nitrogens with one attached hydrogen (secondary N) is 2. The summed E-state index contributed by atoms with van der Waals surface area (Å²) in [5, 5.41) is 15.0. The molecule has 0 radical (unpaired) electrons. The molecule has 2 aliphatic rings. The Labute approximate surface area is 149 Å². The lowest BCUT2D eigenvalue weighted by molar-refractivity contribution is -0.142. The quantitative estimate of drug-likeness (QED) is 0.678. The first-order valence-electron chi connectivity index (χ1n) is 9.41.